The van der Waals surface area contributed by atoms with E-state index in [-0.39, 0.29) is 5.91 Å². The third-order valence-electron chi connectivity index (χ3n) is 5.58. The Morgan fingerprint density at radius 3 is 2.32 bits per heavy atom. The van der Waals surface area contributed by atoms with Gasteiger partial charge < -0.3 is 9.80 Å². The Labute approximate surface area is 189 Å². The van der Waals surface area contributed by atoms with E-state index in [1.54, 1.807) is 35.6 Å². The highest BCUT2D eigenvalue weighted by atomic mass is 35.5. The molecule has 1 aliphatic rings. The molecule has 31 heavy (non-hydrogen) atoms. The van der Waals surface area contributed by atoms with Crippen LogP contribution in [0, 0.1) is 13.8 Å². The van der Waals surface area contributed by atoms with Crippen molar-refractivity contribution in [3.63, 3.8) is 0 Å². The Kier molecular flexibility index (Phi) is 5.16. The van der Waals surface area contributed by atoms with Crippen molar-refractivity contribution in [1.82, 2.24) is 19.7 Å². The molecule has 3 heterocycles. The van der Waals surface area contributed by atoms with E-state index in [9.17, 15) is 4.79 Å². The molecule has 2 aromatic heterocycles. The van der Waals surface area contributed by atoms with Crippen molar-refractivity contribution in [1.29, 1.82) is 0 Å². The molecule has 1 amide bonds. The number of anilines is 1. The van der Waals surface area contributed by atoms with Crippen molar-refractivity contribution < 1.29 is 4.79 Å². The highest BCUT2D eigenvalue weighted by Gasteiger charge is 2.25. The van der Waals surface area contributed by atoms with Gasteiger partial charge >= 0.3 is 0 Å². The van der Waals surface area contributed by atoms with Crippen molar-refractivity contribution in [2.45, 2.75) is 13.8 Å². The molecule has 0 atom stereocenters. The third kappa shape index (κ3) is 3.79. The molecule has 0 N–H and O–H groups in total. The first kappa shape index (κ1) is 20.0. The average Bonchev–Trinajstić information content (AvgIpc) is 3.35. The topological polar surface area (TPSA) is 54.3 Å². The van der Waals surface area contributed by atoms with Crippen LogP contribution in [0.15, 0.2) is 48.5 Å². The molecule has 1 saturated heterocycles. The van der Waals surface area contributed by atoms with Gasteiger partial charge in [-0.25, -0.2) is 4.68 Å². The molecule has 8 heteroatoms. The monoisotopic (exact) mass is 451 g/mol. The van der Waals surface area contributed by atoms with Crippen LogP contribution in [0.25, 0.3) is 16.0 Å². The van der Waals surface area contributed by atoms with Gasteiger partial charge in [0.15, 0.2) is 10.8 Å². The van der Waals surface area contributed by atoms with Gasteiger partial charge in [0, 0.05) is 36.8 Å². The van der Waals surface area contributed by atoms with Gasteiger partial charge in [-0.05, 0) is 50.2 Å². The van der Waals surface area contributed by atoms with Crippen LogP contribution in [0.1, 0.15) is 21.6 Å². The zero-order chi connectivity index (χ0) is 21.5. The summed E-state index contributed by atoms with van der Waals surface area (Å²) in [6.07, 6.45) is 0. The van der Waals surface area contributed by atoms with Gasteiger partial charge in [0.25, 0.3) is 5.91 Å². The van der Waals surface area contributed by atoms with Gasteiger partial charge in [-0.3, -0.25) is 4.79 Å². The van der Waals surface area contributed by atoms with Crippen LogP contribution in [0.5, 0.6) is 0 Å². The number of carbonyl (C=O) groups excluding carboxylic acids is 1. The number of amides is 1. The summed E-state index contributed by atoms with van der Waals surface area (Å²) in [6, 6.07) is 15.4. The summed E-state index contributed by atoms with van der Waals surface area (Å²) in [5.41, 5.74) is 4.77. The lowest BCUT2D eigenvalue weighted by atomic mass is 10.2. The Morgan fingerprint density at radius 2 is 1.65 bits per heavy atom. The van der Waals surface area contributed by atoms with Crippen LogP contribution in [-0.2, 0) is 0 Å². The number of aryl methyl sites for hydroxylation is 2. The highest BCUT2D eigenvalue weighted by molar-refractivity contribution is 7.22. The summed E-state index contributed by atoms with van der Waals surface area (Å²) in [5.74, 6) is 0.0477. The van der Waals surface area contributed by atoms with Crippen molar-refractivity contribution in [2.24, 2.45) is 0 Å². The number of rotatable bonds is 3. The second-order valence-electron chi connectivity index (χ2n) is 7.77. The number of hydrogen-bond acceptors (Lipinski definition) is 5. The Bertz CT molecular complexity index is 1240. The SMILES string of the molecule is Cc1ccc(-n2nc(C)c3sc(N4CCN(C(=O)c5ccc(Cl)cc5)CC4)nc32)cc1. The molecule has 1 fully saturated rings. The fourth-order valence-electron chi connectivity index (χ4n) is 3.80. The molecule has 5 rings (SSSR count). The largest absolute Gasteiger partial charge is 0.344 e. The predicted molar refractivity (Wildman–Crippen MR) is 126 cm³/mol. The molecule has 0 bridgehead atoms. The van der Waals surface area contributed by atoms with E-state index in [0.717, 1.165) is 39.9 Å². The lowest BCUT2D eigenvalue weighted by Gasteiger charge is -2.34. The Morgan fingerprint density at radius 1 is 0.968 bits per heavy atom. The van der Waals surface area contributed by atoms with Gasteiger partial charge in [-0.1, -0.05) is 40.6 Å². The van der Waals surface area contributed by atoms with E-state index in [0.29, 0.717) is 23.7 Å². The molecular weight excluding hydrogens is 430 g/mol. The molecule has 0 aliphatic carbocycles. The summed E-state index contributed by atoms with van der Waals surface area (Å²) < 4.78 is 3.03. The summed E-state index contributed by atoms with van der Waals surface area (Å²) in [4.78, 5) is 21.8. The predicted octanol–water partition coefficient (Wildman–Crippen LogP) is 4.71. The maximum Gasteiger partial charge on any atom is 0.253 e. The minimum Gasteiger partial charge on any atom is -0.344 e. The van der Waals surface area contributed by atoms with E-state index in [1.807, 2.05) is 16.5 Å². The minimum atomic E-state index is 0.0477. The maximum atomic E-state index is 12.8. The maximum absolute atomic E-state index is 12.8. The summed E-state index contributed by atoms with van der Waals surface area (Å²) in [7, 11) is 0. The van der Waals surface area contributed by atoms with Gasteiger partial charge in [0.1, 0.15) is 0 Å². The Hall–Kier alpha value is -2.90. The number of fused-ring (bicyclic) bond motifs is 1. The molecule has 0 unspecified atom stereocenters. The Balaban J connectivity index is 1.34. The third-order valence-corrected chi connectivity index (χ3v) is 7.05. The first-order valence-electron chi connectivity index (χ1n) is 10.2. The van der Waals surface area contributed by atoms with E-state index in [1.165, 1.54) is 5.56 Å². The van der Waals surface area contributed by atoms with E-state index in [4.69, 9.17) is 21.7 Å². The van der Waals surface area contributed by atoms with Gasteiger partial charge in [-0.15, -0.1) is 0 Å². The van der Waals surface area contributed by atoms with Crippen molar-refractivity contribution in [3.05, 3.63) is 70.4 Å². The molecule has 4 aromatic rings. The van der Waals surface area contributed by atoms with E-state index >= 15 is 0 Å². The smallest absolute Gasteiger partial charge is 0.253 e. The average molecular weight is 452 g/mol. The number of benzene rings is 2. The van der Waals surface area contributed by atoms with Crippen molar-refractivity contribution >= 4 is 44.3 Å². The second-order valence-corrected chi connectivity index (χ2v) is 9.18. The summed E-state index contributed by atoms with van der Waals surface area (Å²) >= 11 is 7.61. The lowest BCUT2D eigenvalue weighted by Crippen LogP contribution is -2.48. The molecular formula is C23H22ClN5OS. The van der Waals surface area contributed by atoms with E-state index in [2.05, 4.69) is 36.1 Å². The number of thiazole rings is 1. The van der Waals surface area contributed by atoms with Crippen molar-refractivity contribution in [3.8, 4) is 5.69 Å². The van der Waals surface area contributed by atoms with Crippen LogP contribution >= 0.6 is 22.9 Å². The van der Waals surface area contributed by atoms with Crippen LogP contribution in [-0.4, -0.2) is 51.8 Å². The number of piperazine rings is 1. The van der Waals surface area contributed by atoms with E-state index < -0.39 is 0 Å². The molecule has 158 valence electrons. The van der Waals surface area contributed by atoms with Crippen LogP contribution in [0.3, 0.4) is 0 Å². The molecule has 6 nitrogen and oxygen atoms in total. The van der Waals surface area contributed by atoms with Gasteiger partial charge in [0.2, 0.25) is 0 Å². The number of carbonyl (C=O) groups is 1. The highest BCUT2D eigenvalue weighted by Crippen LogP contribution is 2.33. The fourth-order valence-corrected chi connectivity index (χ4v) is 4.96. The molecule has 0 saturated carbocycles. The molecule has 0 spiro atoms. The molecule has 0 radical (unpaired) electrons. The second kappa shape index (κ2) is 7.98. The molecule has 1 aliphatic heterocycles. The van der Waals surface area contributed by atoms with Gasteiger partial charge in [0.05, 0.1) is 16.1 Å². The number of halogens is 1. The standard InChI is InChI=1S/C23H22ClN5OS/c1-15-3-9-19(10-4-15)29-21-20(16(2)26-29)31-23(25-21)28-13-11-27(12-14-28)22(30)17-5-7-18(24)8-6-17/h3-10H,11-14H2,1-2H3. The normalized spacial score (nSPS) is 14.4. The van der Waals surface area contributed by atoms with Crippen LogP contribution in [0.4, 0.5) is 5.13 Å². The van der Waals surface area contributed by atoms with Crippen LogP contribution in [0.2, 0.25) is 5.02 Å². The zero-order valence-corrected chi connectivity index (χ0v) is 19.0. The minimum absolute atomic E-state index is 0.0477. The lowest BCUT2D eigenvalue weighted by molar-refractivity contribution is 0.0747. The first-order chi connectivity index (χ1) is 15.0. The van der Waals surface area contributed by atoms with Crippen LogP contribution < -0.4 is 4.90 Å². The quantitative estimate of drug-likeness (QED) is 0.452. The first-order valence-corrected chi connectivity index (χ1v) is 11.4. The van der Waals surface area contributed by atoms with Crippen molar-refractivity contribution in [2.75, 3.05) is 31.1 Å². The van der Waals surface area contributed by atoms with Gasteiger partial charge in [-0.2, -0.15) is 10.1 Å². The fraction of sp³-hybridized carbons (Fsp3) is 0.261. The zero-order valence-electron chi connectivity index (χ0n) is 17.4. The summed E-state index contributed by atoms with van der Waals surface area (Å²) in [6.45, 7) is 6.95. The number of hydrogen-bond donors (Lipinski definition) is 0. The number of nitrogens with zero attached hydrogens (tertiary/aromatic N) is 5. The molecule has 2 aromatic carbocycles. The summed E-state index contributed by atoms with van der Waals surface area (Å²) in [5, 5.41) is 6.31. The number of aromatic nitrogens is 3.